The van der Waals surface area contributed by atoms with E-state index in [1.165, 1.54) is 0 Å². The minimum absolute atomic E-state index is 0.0470. The third-order valence-corrected chi connectivity index (χ3v) is 4.22. The Morgan fingerprint density at radius 1 is 1.62 bits per heavy atom. The summed E-state index contributed by atoms with van der Waals surface area (Å²) in [4.78, 5) is 0. The van der Waals surface area contributed by atoms with Crippen molar-refractivity contribution >= 4 is 10.8 Å². The Bertz CT molecular complexity index is 178. The van der Waals surface area contributed by atoms with Gasteiger partial charge >= 0.3 is 0 Å². The SMILES string of the molecule is CC(C)S(=O)CC(N)C1CCOC1. The second kappa shape index (κ2) is 5.08. The maximum absolute atomic E-state index is 11.5. The van der Waals surface area contributed by atoms with E-state index in [2.05, 4.69) is 0 Å². The molecule has 0 aromatic heterocycles. The number of rotatable bonds is 4. The van der Waals surface area contributed by atoms with E-state index in [-0.39, 0.29) is 11.3 Å². The first-order valence-electron chi connectivity index (χ1n) is 4.81. The molecule has 0 amide bonds. The van der Waals surface area contributed by atoms with E-state index in [4.69, 9.17) is 10.5 Å². The Balaban J connectivity index is 2.31. The van der Waals surface area contributed by atoms with Crippen LogP contribution in [0.3, 0.4) is 0 Å². The molecule has 1 rings (SSSR count). The van der Waals surface area contributed by atoms with Gasteiger partial charge in [0.1, 0.15) is 0 Å². The molecule has 0 saturated carbocycles. The van der Waals surface area contributed by atoms with Gasteiger partial charge in [-0.25, -0.2) is 0 Å². The first kappa shape index (κ1) is 11.1. The highest BCUT2D eigenvalue weighted by Gasteiger charge is 2.24. The van der Waals surface area contributed by atoms with Crippen molar-refractivity contribution in [2.45, 2.75) is 31.6 Å². The highest BCUT2D eigenvalue weighted by molar-refractivity contribution is 7.85. The van der Waals surface area contributed by atoms with Crippen molar-refractivity contribution in [3.05, 3.63) is 0 Å². The fraction of sp³-hybridized carbons (Fsp3) is 1.00. The molecule has 4 heteroatoms. The van der Waals surface area contributed by atoms with Crippen LogP contribution in [0.2, 0.25) is 0 Å². The first-order valence-corrected chi connectivity index (χ1v) is 6.20. The Morgan fingerprint density at radius 2 is 2.31 bits per heavy atom. The summed E-state index contributed by atoms with van der Waals surface area (Å²) >= 11 is 0. The van der Waals surface area contributed by atoms with E-state index in [1.807, 2.05) is 13.8 Å². The molecule has 1 aliphatic rings. The third kappa shape index (κ3) is 3.37. The quantitative estimate of drug-likeness (QED) is 0.727. The Labute approximate surface area is 82.5 Å². The largest absolute Gasteiger partial charge is 0.381 e. The molecule has 1 heterocycles. The van der Waals surface area contributed by atoms with E-state index >= 15 is 0 Å². The topological polar surface area (TPSA) is 52.3 Å². The monoisotopic (exact) mass is 205 g/mol. The van der Waals surface area contributed by atoms with Gasteiger partial charge in [0.25, 0.3) is 0 Å². The highest BCUT2D eigenvalue weighted by Crippen LogP contribution is 2.16. The molecule has 3 unspecified atom stereocenters. The van der Waals surface area contributed by atoms with Gasteiger partial charge < -0.3 is 10.5 Å². The van der Waals surface area contributed by atoms with Crippen molar-refractivity contribution in [3.63, 3.8) is 0 Å². The minimum Gasteiger partial charge on any atom is -0.381 e. The second-order valence-corrected chi connectivity index (χ2v) is 5.92. The van der Waals surface area contributed by atoms with E-state index < -0.39 is 10.8 Å². The van der Waals surface area contributed by atoms with E-state index in [0.717, 1.165) is 19.6 Å². The zero-order valence-corrected chi connectivity index (χ0v) is 9.18. The molecule has 0 aromatic rings. The smallest absolute Gasteiger partial charge is 0.0510 e. The van der Waals surface area contributed by atoms with Gasteiger partial charge in [-0.15, -0.1) is 0 Å². The summed E-state index contributed by atoms with van der Waals surface area (Å²) in [6.07, 6.45) is 1.02. The lowest BCUT2D eigenvalue weighted by atomic mass is 10.0. The van der Waals surface area contributed by atoms with Crippen molar-refractivity contribution in [1.29, 1.82) is 0 Å². The summed E-state index contributed by atoms with van der Waals surface area (Å²) in [5.74, 6) is 1.04. The molecule has 1 saturated heterocycles. The Morgan fingerprint density at radius 3 is 2.77 bits per heavy atom. The van der Waals surface area contributed by atoms with Gasteiger partial charge in [0.05, 0.1) is 6.61 Å². The molecule has 0 aliphatic carbocycles. The average Bonchev–Trinajstić information content (AvgIpc) is 2.55. The zero-order valence-electron chi connectivity index (χ0n) is 8.36. The van der Waals surface area contributed by atoms with Gasteiger partial charge in [-0.05, 0) is 6.42 Å². The number of hydrogen-bond donors (Lipinski definition) is 1. The maximum atomic E-state index is 11.5. The summed E-state index contributed by atoms with van der Waals surface area (Å²) in [6.45, 7) is 5.49. The van der Waals surface area contributed by atoms with Crippen LogP contribution < -0.4 is 5.73 Å². The van der Waals surface area contributed by atoms with Crippen molar-refractivity contribution in [1.82, 2.24) is 0 Å². The van der Waals surface area contributed by atoms with E-state index in [1.54, 1.807) is 0 Å². The van der Waals surface area contributed by atoms with Crippen molar-refractivity contribution in [3.8, 4) is 0 Å². The predicted molar refractivity (Wildman–Crippen MR) is 55.0 cm³/mol. The lowest BCUT2D eigenvalue weighted by Gasteiger charge is -2.17. The molecule has 0 radical (unpaired) electrons. The predicted octanol–water partition coefficient (Wildman–Crippen LogP) is 0.507. The molecule has 0 spiro atoms. The first-order chi connectivity index (χ1) is 6.11. The van der Waals surface area contributed by atoms with Gasteiger partial charge in [-0.2, -0.15) is 0 Å². The lowest BCUT2D eigenvalue weighted by Crippen LogP contribution is -2.37. The molecule has 3 nitrogen and oxygen atoms in total. The van der Waals surface area contributed by atoms with Crippen LogP contribution in [0.25, 0.3) is 0 Å². The fourth-order valence-corrected chi connectivity index (χ4v) is 2.45. The van der Waals surface area contributed by atoms with Crippen LogP contribution >= 0.6 is 0 Å². The Kier molecular flexibility index (Phi) is 4.35. The van der Waals surface area contributed by atoms with Crippen LogP contribution in [0.15, 0.2) is 0 Å². The van der Waals surface area contributed by atoms with Crippen LogP contribution in [-0.2, 0) is 15.5 Å². The molecular weight excluding hydrogens is 186 g/mol. The van der Waals surface area contributed by atoms with Gasteiger partial charge in [0.2, 0.25) is 0 Å². The molecule has 1 fully saturated rings. The summed E-state index contributed by atoms with van der Waals surface area (Å²) < 4.78 is 16.7. The van der Waals surface area contributed by atoms with Crippen LogP contribution in [0.1, 0.15) is 20.3 Å². The zero-order chi connectivity index (χ0) is 9.84. The molecule has 0 bridgehead atoms. The summed E-state index contributed by atoms with van der Waals surface area (Å²) in [5.41, 5.74) is 5.94. The molecule has 13 heavy (non-hydrogen) atoms. The molecule has 78 valence electrons. The molecule has 0 aromatic carbocycles. The van der Waals surface area contributed by atoms with Gasteiger partial charge in [0, 0.05) is 40.4 Å². The summed E-state index contributed by atoms with van der Waals surface area (Å²) in [7, 11) is -0.778. The van der Waals surface area contributed by atoms with Gasteiger partial charge in [0.15, 0.2) is 0 Å². The van der Waals surface area contributed by atoms with Gasteiger partial charge in [-0.3, -0.25) is 4.21 Å². The number of nitrogens with two attached hydrogens (primary N) is 1. The van der Waals surface area contributed by atoms with E-state index in [0.29, 0.717) is 11.7 Å². The van der Waals surface area contributed by atoms with E-state index in [9.17, 15) is 4.21 Å². The molecule has 1 aliphatic heterocycles. The molecular formula is C9H19NO2S. The second-order valence-electron chi connectivity index (χ2n) is 3.88. The highest BCUT2D eigenvalue weighted by atomic mass is 32.2. The normalized spacial score (nSPS) is 27.8. The summed E-state index contributed by atoms with van der Waals surface area (Å²) in [6, 6.07) is 0.0470. The van der Waals surface area contributed by atoms with Crippen LogP contribution in [-0.4, -0.2) is 34.5 Å². The van der Waals surface area contributed by atoms with Crippen molar-refractivity contribution in [2.75, 3.05) is 19.0 Å². The number of ether oxygens (including phenoxy) is 1. The maximum Gasteiger partial charge on any atom is 0.0510 e. The average molecular weight is 205 g/mol. The lowest BCUT2D eigenvalue weighted by molar-refractivity contribution is 0.182. The Hall–Kier alpha value is 0.0700. The summed E-state index contributed by atoms with van der Waals surface area (Å²) in [5, 5.41) is 0.216. The standard InChI is InChI=1S/C9H19NO2S/c1-7(2)13(11)6-9(10)8-3-4-12-5-8/h7-9H,3-6,10H2,1-2H3. The van der Waals surface area contributed by atoms with Gasteiger partial charge in [-0.1, -0.05) is 13.8 Å². The number of hydrogen-bond acceptors (Lipinski definition) is 3. The van der Waals surface area contributed by atoms with Crippen LogP contribution in [0.4, 0.5) is 0 Å². The minimum atomic E-state index is -0.778. The molecule has 3 atom stereocenters. The fourth-order valence-electron chi connectivity index (χ4n) is 1.41. The molecule has 2 N–H and O–H groups in total. The van der Waals surface area contributed by atoms with Crippen molar-refractivity contribution in [2.24, 2.45) is 11.7 Å². The van der Waals surface area contributed by atoms with Crippen LogP contribution in [0, 0.1) is 5.92 Å². The van der Waals surface area contributed by atoms with Crippen LogP contribution in [0.5, 0.6) is 0 Å². The van der Waals surface area contributed by atoms with Crippen molar-refractivity contribution < 1.29 is 8.95 Å². The third-order valence-electron chi connectivity index (χ3n) is 2.45.